The second-order valence-electron chi connectivity index (χ2n) is 11.3. The maximum Gasteiger partial charge on any atom is 0.0547 e. The van der Waals surface area contributed by atoms with E-state index in [1.165, 1.54) is 81.0 Å². The highest BCUT2D eigenvalue weighted by Gasteiger charge is 2.18. The van der Waals surface area contributed by atoms with Crippen molar-refractivity contribution in [3.8, 4) is 39.1 Å². The zero-order chi connectivity index (χ0) is 29.0. The van der Waals surface area contributed by atoms with Crippen LogP contribution in [-0.2, 0) is 0 Å². The fraction of sp³-hybridized carbons (Fsp3) is 0. The van der Waals surface area contributed by atoms with Crippen LogP contribution in [-0.4, -0.2) is 4.57 Å². The first-order chi connectivity index (χ1) is 21.8. The first-order valence-corrected chi connectivity index (χ1v) is 15.8. The lowest BCUT2D eigenvalue weighted by molar-refractivity contribution is 1.18. The molecule has 1 nitrogen and oxygen atoms in total. The second kappa shape index (κ2) is 10.1. The number of fused-ring (bicyclic) bond motifs is 6. The van der Waals surface area contributed by atoms with Crippen molar-refractivity contribution in [1.82, 2.24) is 4.57 Å². The highest BCUT2D eigenvalue weighted by Crippen LogP contribution is 2.42. The molecule has 0 radical (unpaired) electrons. The summed E-state index contributed by atoms with van der Waals surface area (Å²) < 4.78 is 5.11. The average molecular weight is 578 g/mol. The number of nitrogens with zero attached hydrogens (tertiary/aromatic N) is 1. The van der Waals surface area contributed by atoms with E-state index in [1.807, 2.05) is 11.3 Å². The van der Waals surface area contributed by atoms with Gasteiger partial charge in [0.1, 0.15) is 0 Å². The van der Waals surface area contributed by atoms with Gasteiger partial charge in [-0.1, -0.05) is 133 Å². The van der Waals surface area contributed by atoms with Crippen molar-refractivity contribution in [3.63, 3.8) is 0 Å². The largest absolute Gasteiger partial charge is 0.309 e. The van der Waals surface area contributed by atoms with E-state index in [4.69, 9.17) is 0 Å². The SMILES string of the molecule is c1ccc(-c2ccc3c4ccccc4n(-c4ccccc4-c4ccccc4-c4ccc5c(c4)sc4ccccc45)c3c2)cc1. The van der Waals surface area contributed by atoms with Crippen LogP contribution in [0, 0.1) is 0 Å². The van der Waals surface area contributed by atoms with Crippen LogP contribution in [0.5, 0.6) is 0 Å². The number of benzene rings is 7. The van der Waals surface area contributed by atoms with Gasteiger partial charge in [-0.15, -0.1) is 11.3 Å². The Labute approximate surface area is 259 Å². The van der Waals surface area contributed by atoms with Gasteiger partial charge in [-0.2, -0.15) is 0 Å². The smallest absolute Gasteiger partial charge is 0.0547 e. The van der Waals surface area contributed by atoms with Crippen molar-refractivity contribution in [2.45, 2.75) is 0 Å². The summed E-state index contributed by atoms with van der Waals surface area (Å²) in [6.45, 7) is 0. The summed E-state index contributed by atoms with van der Waals surface area (Å²) in [6, 6.07) is 59.7. The molecule has 0 saturated carbocycles. The molecule has 7 aromatic carbocycles. The first kappa shape index (κ1) is 25.1. The zero-order valence-corrected chi connectivity index (χ0v) is 24.8. The molecule has 44 heavy (non-hydrogen) atoms. The van der Waals surface area contributed by atoms with Gasteiger partial charge < -0.3 is 4.57 Å². The molecule has 0 unspecified atom stereocenters. The number of aromatic nitrogens is 1. The van der Waals surface area contributed by atoms with Gasteiger partial charge in [0.05, 0.1) is 16.7 Å². The lowest BCUT2D eigenvalue weighted by Crippen LogP contribution is -1.98. The topological polar surface area (TPSA) is 4.93 Å². The van der Waals surface area contributed by atoms with Gasteiger partial charge in [0.2, 0.25) is 0 Å². The van der Waals surface area contributed by atoms with Crippen LogP contribution in [0.15, 0.2) is 164 Å². The quantitative estimate of drug-likeness (QED) is 0.196. The Morgan fingerprint density at radius 2 is 0.955 bits per heavy atom. The lowest BCUT2D eigenvalue weighted by atomic mass is 9.93. The highest BCUT2D eigenvalue weighted by atomic mass is 32.1. The summed E-state index contributed by atoms with van der Waals surface area (Å²) in [6.07, 6.45) is 0. The van der Waals surface area contributed by atoms with Crippen LogP contribution in [0.25, 0.3) is 81.0 Å². The van der Waals surface area contributed by atoms with E-state index in [0.29, 0.717) is 0 Å². The van der Waals surface area contributed by atoms with E-state index >= 15 is 0 Å². The summed E-state index contributed by atoms with van der Waals surface area (Å²) in [7, 11) is 0. The minimum atomic E-state index is 1.18. The van der Waals surface area contributed by atoms with Gasteiger partial charge >= 0.3 is 0 Å². The molecular formula is C42H27NS. The number of hydrogen-bond donors (Lipinski definition) is 0. The number of para-hydroxylation sites is 2. The molecule has 0 aliphatic heterocycles. The Kier molecular flexibility index (Phi) is 5.75. The molecule has 2 aromatic heterocycles. The van der Waals surface area contributed by atoms with Gasteiger partial charge in [-0.05, 0) is 58.1 Å². The van der Waals surface area contributed by atoms with Crippen LogP contribution in [0.4, 0.5) is 0 Å². The first-order valence-electron chi connectivity index (χ1n) is 15.0. The molecule has 0 aliphatic rings. The summed E-state index contributed by atoms with van der Waals surface area (Å²) in [5.74, 6) is 0. The zero-order valence-electron chi connectivity index (χ0n) is 23.9. The third kappa shape index (κ3) is 3.92. The molecule has 0 spiro atoms. The second-order valence-corrected chi connectivity index (χ2v) is 12.4. The van der Waals surface area contributed by atoms with Crippen molar-refractivity contribution in [3.05, 3.63) is 164 Å². The molecule has 206 valence electrons. The van der Waals surface area contributed by atoms with Crippen LogP contribution in [0.2, 0.25) is 0 Å². The van der Waals surface area contributed by atoms with E-state index in [1.54, 1.807) is 0 Å². The number of rotatable bonds is 4. The molecule has 0 bridgehead atoms. The van der Waals surface area contributed by atoms with Crippen molar-refractivity contribution in [2.24, 2.45) is 0 Å². The molecule has 0 saturated heterocycles. The minimum absolute atomic E-state index is 1.18. The normalized spacial score (nSPS) is 11.6. The Balaban J connectivity index is 1.28. The van der Waals surface area contributed by atoms with E-state index in [9.17, 15) is 0 Å². The molecule has 0 aliphatic carbocycles. The summed E-state index contributed by atoms with van der Waals surface area (Å²) in [5.41, 5.74) is 11.0. The van der Waals surface area contributed by atoms with Crippen molar-refractivity contribution < 1.29 is 0 Å². The third-order valence-corrected chi connectivity index (χ3v) is 9.97. The van der Waals surface area contributed by atoms with Crippen LogP contribution < -0.4 is 0 Å². The molecule has 0 amide bonds. The van der Waals surface area contributed by atoms with Crippen LogP contribution >= 0.6 is 11.3 Å². The van der Waals surface area contributed by atoms with Gasteiger partial charge in [0, 0.05) is 36.5 Å². The highest BCUT2D eigenvalue weighted by molar-refractivity contribution is 7.25. The predicted octanol–water partition coefficient (Wildman–Crippen LogP) is 12.2. The van der Waals surface area contributed by atoms with Gasteiger partial charge in [0.15, 0.2) is 0 Å². The Morgan fingerprint density at radius 3 is 1.84 bits per heavy atom. The monoisotopic (exact) mass is 577 g/mol. The fourth-order valence-corrected chi connectivity index (χ4v) is 7.95. The molecule has 2 heterocycles. The third-order valence-electron chi connectivity index (χ3n) is 8.83. The Hall–Kier alpha value is -5.44. The average Bonchev–Trinajstić information content (AvgIpc) is 3.63. The maximum absolute atomic E-state index is 2.46. The summed E-state index contributed by atoms with van der Waals surface area (Å²) >= 11 is 1.87. The van der Waals surface area contributed by atoms with Gasteiger partial charge in [-0.3, -0.25) is 0 Å². The van der Waals surface area contributed by atoms with Gasteiger partial charge in [0.25, 0.3) is 0 Å². The Morgan fingerprint density at radius 1 is 0.341 bits per heavy atom. The molecule has 2 heteroatoms. The van der Waals surface area contributed by atoms with Crippen LogP contribution in [0.1, 0.15) is 0 Å². The number of thiophene rings is 1. The fourth-order valence-electron chi connectivity index (χ4n) is 6.80. The van der Waals surface area contributed by atoms with Gasteiger partial charge in [-0.25, -0.2) is 0 Å². The lowest BCUT2D eigenvalue weighted by Gasteiger charge is -2.17. The molecule has 9 aromatic rings. The molecule has 0 N–H and O–H groups in total. The standard InChI is InChI=1S/C42H27NS/c1-2-12-28(13-3-1)29-22-24-35-34-17-7-10-20-39(34)43(40(35)26-29)38-19-9-6-16-33(38)32-15-5-4-14-31(32)30-23-25-37-36-18-8-11-21-41(36)44-42(37)27-30/h1-27H. The van der Waals surface area contributed by atoms with Crippen molar-refractivity contribution >= 4 is 53.3 Å². The summed E-state index contributed by atoms with van der Waals surface area (Å²) in [5, 5.41) is 5.18. The van der Waals surface area contributed by atoms with E-state index < -0.39 is 0 Å². The number of hydrogen-bond acceptors (Lipinski definition) is 1. The molecule has 0 fully saturated rings. The van der Waals surface area contributed by atoms with E-state index in [0.717, 1.165) is 0 Å². The predicted molar refractivity (Wildman–Crippen MR) is 190 cm³/mol. The Bertz CT molecular complexity index is 2500. The molecular weight excluding hydrogens is 551 g/mol. The van der Waals surface area contributed by atoms with E-state index in [2.05, 4.69) is 168 Å². The summed E-state index contributed by atoms with van der Waals surface area (Å²) in [4.78, 5) is 0. The van der Waals surface area contributed by atoms with Crippen molar-refractivity contribution in [1.29, 1.82) is 0 Å². The van der Waals surface area contributed by atoms with Crippen molar-refractivity contribution in [2.75, 3.05) is 0 Å². The molecule has 9 rings (SSSR count). The van der Waals surface area contributed by atoms with E-state index in [-0.39, 0.29) is 0 Å². The maximum atomic E-state index is 2.46. The van der Waals surface area contributed by atoms with Crippen LogP contribution in [0.3, 0.4) is 0 Å². The minimum Gasteiger partial charge on any atom is -0.309 e. The molecule has 0 atom stereocenters.